The lowest BCUT2D eigenvalue weighted by Gasteiger charge is -2.28. The first-order valence-corrected chi connectivity index (χ1v) is 6.84. The fourth-order valence-electron chi connectivity index (χ4n) is 2.58. The van der Waals surface area contributed by atoms with Gasteiger partial charge in [0.2, 0.25) is 0 Å². The number of carboxylic acid groups (broad SMARTS) is 1. The quantitative estimate of drug-likeness (QED) is 0.824. The second-order valence-electron chi connectivity index (χ2n) is 6.76. The zero-order valence-electron chi connectivity index (χ0n) is 12.3. The van der Waals surface area contributed by atoms with Crippen molar-refractivity contribution in [3.63, 3.8) is 0 Å². The largest absolute Gasteiger partial charge is 0.480 e. The van der Waals surface area contributed by atoms with Gasteiger partial charge < -0.3 is 15.2 Å². The zero-order chi connectivity index (χ0) is 14.7. The highest BCUT2D eigenvalue weighted by Gasteiger charge is 2.35. The number of amides is 1. The predicted molar refractivity (Wildman–Crippen MR) is 72.0 cm³/mol. The van der Waals surface area contributed by atoms with Crippen molar-refractivity contribution in [3.05, 3.63) is 0 Å². The number of hydrogen-bond donors (Lipinski definition) is 2. The van der Waals surface area contributed by atoms with Crippen LogP contribution in [-0.4, -0.2) is 28.8 Å². The lowest BCUT2D eigenvalue weighted by atomic mass is 9.82. The molecule has 0 aliphatic heterocycles. The molecule has 5 heteroatoms. The van der Waals surface area contributed by atoms with Crippen LogP contribution in [-0.2, 0) is 9.53 Å². The number of ether oxygens (including phenoxy) is 1. The normalized spacial score (nSPS) is 19.8. The van der Waals surface area contributed by atoms with Gasteiger partial charge in [-0.05, 0) is 45.4 Å². The molecular formula is C14H25NO4. The van der Waals surface area contributed by atoms with Gasteiger partial charge in [-0.25, -0.2) is 9.59 Å². The Morgan fingerprint density at radius 2 is 1.84 bits per heavy atom. The molecule has 0 radical (unpaired) electrons. The first kappa shape index (κ1) is 15.8. The smallest absolute Gasteiger partial charge is 0.408 e. The van der Waals surface area contributed by atoms with Crippen molar-refractivity contribution in [1.82, 2.24) is 5.32 Å². The number of nitrogens with one attached hydrogen (secondary N) is 1. The molecule has 1 aliphatic carbocycles. The van der Waals surface area contributed by atoms with E-state index in [4.69, 9.17) is 4.74 Å². The lowest BCUT2D eigenvalue weighted by molar-refractivity contribution is -0.140. The molecule has 0 saturated heterocycles. The summed E-state index contributed by atoms with van der Waals surface area (Å²) in [6.07, 6.45) is 4.10. The SMILES string of the molecule is CC1(C[C@@H](NC(=O)OC(C)(C)C)C(=O)O)CCCC1. The molecule has 19 heavy (non-hydrogen) atoms. The third-order valence-electron chi connectivity index (χ3n) is 3.50. The van der Waals surface area contributed by atoms with E-state index in [-0.39, 0.29) is 5.41 Å². The minimum atomic E-state index is -1.00. The van der Waals surface area contributed by atoms with E-state index in [2.05, 4.69) is 12.2 Å². The standard InChI is InChI=1S/C14H25NO4/c1-13(2,3)19-12(18)15-10(11(16)17)9-14(4)7-5-6-8-14/h10H,5-9H2,1-4H3,(H,15,18)(H,16,17)/t10-/m1/s1. The summed E-state index contributed by atoms with van der Waals surface area (Å²) < 4.78 is 5.10. The molecule has 0 spiro atoms. The summed E-state index contributed by atoms with van der Waals surface area (Å²) in [6, 6.07) is -0.877. The van der Waals surface area contributed by atoms with Crippen molar-refractivity contribution in [1.29, 1.82) is 0 Å². The molecule has 0 aromatic heterocycles. The van der Waals surface area contributed by atoms with Crippen molar-refractivity contribution in [2.24, 2.45) is 5.41 Å². The van der Waals surface area contributed by atoms with Crippen LogP contribution in [0.4, 0.5) is 4.79 Å². The fraction of sp³-hybridized carbons (Fsp3) is 0.857. The highest BCUT2D eigenvalue weighted by molar-refractivity contribution is 5.80. The van der Waals surface area contributed by atoms with Gasteiger partial charge in [-0.3, -0.25) is 0 Å². The highest BCUT2D eigenvalue weighted by Crippen LogP contribution is 2.41. The first-order chi connectivity index (χ1) is 8.61. The van der Waals surface area contributed by atoms with E-state index in [0.717, 1.165) is 25.7 Å². The van der Waals surface area contributed by atoms with Gasteiger partial charge in [-0.2, -0.15) is 0 Å². The Morgan fingerprint density at radius 1 is 1.32 bits per heavy atom. The maximum absolute atomic E-state index is 11.7. The highest BCUT2D eigenvalue weighted by atomic mass is 16.6. The van der Waals surface area contributed by atoms with Crippen LogP contribution < -0.4 is 5.32 Å². The Morgan fingerprint density at radius 3 is 2.26 bits per heavy atom. The predicted octanol–water partition coefficient (Wildman–Crippen LogP) is 2.93. The number of alkyl carbamates (subject to hydrolysis) is 1. The summed E-state index contributed by atoms with van der Waals surface area (Å²) in [5.74, 6) is -1.00. The molecular weight excluding hydrogens is 246 g/mol. The monoisotopic (exact) mass is 271 g/mol. The van der Waals surface area contributed by atoms with Crippen molar-refractivity contribution in [2.75, 3.05) is 0 Å². The average Bonchev–Trinajstić information content (AvgIpc) is 2.61. The zero-order valence-corrected chi connectivity index (χ0v) is 12.3. The Bertz CT molecular complexity index is 340. The second-order valence-corrected chi connectivity index (χ2v) is 6.76. The molecule has 0 unspecified atom stereocenters. The summed E-state index contributed by atoms with van der Waals surface area (Å²) in [5.41, 5.74) is -0.609. The van der Waals surface area contributed by atoms with Crippen molar-refractivity contribution >= 4 is 12.1 Å². The van der Waals surface area contributed by atoms with Crippen LogP contribution >= 0.6 is 0 Å². The molecule has 1 rings (SSSR count). The second kappa shape index (κ2) is 5.80. The summed E-state index contributed by atoms with van der Waals surface area (Å²) in [7, 11) is 0. The van der Waals surface area contributed by atoms with Crippen LogP contribution in [0.15, 0.2) is 0 Å². The number of aliphatic carboxylic acids is 1. The van der Waals surface area contributed by atoms with E-state index in [1.807, 2.05) is 0 Å². The lowest BCUT2D eigenvalue weighted by Crippen LogP contribution is -2.45. The molecule has 5 nitrogen and oxygen atoms in total. The van der Waals surface area contributed by atoms with Gasteiger partial charge in [0.25, 0.3) is 0 Å². The van der Waals surface area contributed by atoms with Gasteiger partial charge in [0, 0.05) is 0 Å². The molecule has 0 aromatic carbocycles. The number of carbonyl (C=O) groups excluding carboxylic acids is 1. The van der Waals surface area contributed by atoms with Crippen molar-refractivity contribution in [2.45, 2.75) is 71.4 Å². The minimum absolute atomic E-state index is 0.0120. The van der Waals surface area contributed by atoms with Crippen LogP contribution in [0.1, 0.15) is 59.8 Å². The van der Waals surface area contributed by atoms with Crippen LogP contribution in [0, 0.1) is 5.41 Å². The van der Waals surface area contributed by atoms with Crippen molar-refractivity contribution in [3.8, 4) is 0 Å². The summed E-state index contributed by atoms with van der Waals surface area (Å²) in [4.78, 5) is 22.9. The number of carboxylic acids is 1. The Labute approximate surface area is 114 Å². The Hall–Kier alpha value is -1.26. The molecule has 1 aliphatic rings. The summed E-state index contributed by atoms with van der Waals surface area (Å²) >= 11 is 0. The van der Waals surface area contributed by atoms with E-state index in [9.17, 15) is 14.7 Å². The number of carbonyl (C=O) groups is 2. The minimum Gasteiger partial charge on any atom is -0.480 e. The van der Waals surface area contributed by atoms with Crippen LogP contribution in [0.3, 0.4) is 0 Å². The Kier molecular flexibility index (Phi) is 4.82. The van der Waals surface area contributed by atoms with Crippen LogP contribution in [0.25, 0.3) is 0 Å². The van der Waals surface area contributed by atoms with E-state index in [1.165, 1.54) is 0 Å². The summed E-state index contributed by atoms with van der Waals surface area (Å²) in [5, 5.41) is 11.7. The van der Waals surface area contributed by atoms with E-state index in [1.54, 1.807) is 20.8 Å². The van der Waals surface area contributed by atoms with Gasteiger partial charge in [0.1, 0.15) is 11.6 Å². The third kappa shape index (κ3) is 5.49. The maximum Gasteiger partial charge on any atom is 0.408 e. The van der Waals surface area contributed by atoms with E-state index < -0.39 is 23.7 Å². The molecule has 110 valence electrons. The maximum atomic E-state index is 11.7. The average molecular weight is 271 g/mol. The van der Waals surface area contributed by atoms with Gasteiger partial charge in [0.15, 0.2) is 0 Å². The molecule has 2 N–H and O–H groups in total. The molecule has 1 fully saturated rings. The van der Waals surface area contributed by atoms with Crippen LogP contribution in [0.2, 0.25) is 0 Å². The number of hydrogen-bond acceptors (Lipinski definition) is 3. The molecule has 0 aromatic rings. The van der Waals surface area contributed by atoms with Crippen molar-refractivity contribution < 1.29 is 19.4 Å². The Balaban J connectivity index is 2.58. The first-order valence-electron chi connectivity index (χ1n) is 6.84. The molecule has 1 atom stereocenters. The van der Waals surface area contributed by atoms with Gasteiger partial charge in [-0.15, -0.1) is 0 Å². The van der Waals surface area contributed by atoms with E-state index in [0.29, 0.717) is 6.42 Å². The van der Waals surface area contributed by atoms with Gasteiger partial charge in [0.05, 0.1) is 0 Å². The summed E-state index contributed by atoms with van der Waals surface area (Å²) in [6.45, 7) is 7.34. The number of rotatable bonds is 4. The van der Waals surface area contributed by atoms with E-state index >= 15 is 0 Å². The van der Waals surface area contributed by atoms with Crippen LogP contribution in [0.5, 0.6) is 0 Å². The molecule has 1 saturated carbocycles. The van der Waals surface area contributed by atoms with Gasteiger partial charge >= 0.3 is 12.1 Å². The van der Waals surface area contributed by atoms with Gasteiger partial charge in [-0.1, -0.05) is 19.8 Å². The molecule has 0 heterocycles. The molecule has 0 bridgehead atoms. The molecule has 1 amide bonds. The third-order valence-corrected chi connectivity index (χ3v) is 3.50. The topological polar surface area (TPSA) is 75.6 Å². The fourth-order valence-corrected chi connectivity index (χ4v) is 2.58.